The van der Waals surface area contributed by atoms with Gasteiger partial charge in [0.25, 0.3) is 0 Å². The Morgan fingerprint density at radius 1 is 1.42 bits per heavy atom. The molecule has 2 nitrogen and oxygen atoms in total. The summed E-state index contributed by atoms with van der Waals surface area (Å²) in [4.78, 5) is 2.31. The largest absolute Gasteiger partial charge is 0.301 e. The van der Waals surface area contributed by atoms with E-state index in [2.05, 4.69) is 41.5 Å². The molecule has 1 aliphatic rings. The van der Waals surface area contributed by atoms with Crippen molar-refractivity contribution in [1.29, 1.82) is 0 Å². The molecule has 1 unspecified atom stereocenters. The molecule has 2 rings (SSSR count). The zero-order valence-corrected chi connectivity index (χ0v) is 7.54. The van der Waals surface area contributed by atoms with E-state index in [4.69, 9.17) is 0 Å². The first kappa shape index (κ1) is 7.77. The van der Waals surface area contributed by atoms with E-state index >= 15 is 0 Å². The standard InChI is InChI=1S/C10H14N2/c1-11-10-9-6-4-3-5-8(9)7-12(10)2/h3-6,10-11H,7H2,1-2H3. The van der Waals surface area contributed by atoms with E-state index in [1.54, 1.807) is 0 Å². The molecule has 0 saturated heterocycles. The van der Waals surface area contributed by atoms with Gasteiger partial charge in [0.2, 0.25) is 0 Å². The predicted molar refractivity (Wildman–Crippen MR) is 49.7 cm³/mol. The molecule has 0 fully saturated rings. The molecule has 1 aliphatic heterocycles. The molecule has 1 aromatic carbocycles. The van der Waals surface area contributed by atoms with Crippen LogP contribution in [0, 0.1) is 0 Å². The molecule has 1 atom stereocenters. The van der Waals surface area contributed by atoms with Crippen molar-refractivity contribution in [2.24, 2.45) is 0 Å². The first-order valence-corrected chi connectivity index (χ1v) is 4.28. The lowest BCUT2D eigenvalue weighted by Gasteiger charge is -2.18. The van der Waals surface area contributed by atoms with Crippen LogP contribution in [-0.2, 0) is 6.54 Å². The highest BCUT2D eigenvalue weighted by Crippen LogP contribution is 2.29. The smallest absolute Gasteiger partial charge is 0.0861 e. The van der Waals surface area contributed by atoms with E-state index in [0.717, 1.165) is 6.54 Å². The average Bonchev–Trinajstić information content (AvgIpc) is 2.40. The molecule has 1 N–H and O–H groups in total. The summed E-state index contributed by atoms with van der Waals surface area (Å²) in [6, 6.07) is 8.59. The summed E-state index contributed by atoms with van der Waals surface area (Å²) in [7, 11) is 4.14. The first-order chi connectivity index (χ1) is 5.83. The fourth-order valence-corrected chi connectivity index (χ4v) is 1.92. The van der Waals surface area contributed by atoms with Gasteiger partial charge >= 0.3 is 0 Å². The lowest BCUT2D eigenvalue weighted by molar-refractivity contribution is 0.239. The van der Waals surface area contributed by atoms with Crippen LogP contribution in [0.25, 0.3) is 0 Å². The molecular weight excluding hydrogens is 148 g/mol. The quantitative estimate of drug-likeness (QED) is 0.670. The molecule has 1 aromatic rings. The lowest BCUT2D eigenvalue weighted by atomic mass is 10.1. The summed E-state index contributed by atoms with van der Waals surface area (Å²) in [6.07, 6.45) is 0.404. The molecule has 0 bridgehead atoms. The molecule has 0 radical (unpaired) electrons. The summed E-state index contributed by atoms with van der Waals surface area (Å²) in [6.45, 7) is 1.06. The predicted octanol–water partition coefficient (Wildman–Crippen LogP) is 1.35. The molecule has 0 aromatic heterocycles. The van der Waals surface area contributed by atoms with Crippen LogP contribution in [0.1, 0.15) is 17.3 Å². The van der Waals surface area contributed by atoms with E-state index < -0.39 is 0 Å². The van der Waals surface area contributed by atoms with Gasteiger partial charge in [0.1, 0.15) is 0 Å². The number of benzene rings is 1. The molecule has 12 heavy (non-hydrogen) atoms. The second-order valence-electron chi connectivity index (χ2n) is 3.31. The van der Waals surface area contributed by atoms with Crippen LogP contribution in [0.2, 0.25) is 0 Å². The Morgan fingerprint density at radius 2 is 2.17 bits per heavy atom. The van der Waals surface area contributed by atoms with Crippen molar-refractivity contribution in [3.8, 4) is 0 Å². The van der Waals surface area contributed by atoms with Crippen molar-refractivity contribution >= 4 is 0 Å². The Hall–Kier alpha value is -0.860. The fraction of sp³-hybridized carbons (Fsp3) is 0.400. The van der Waals surface area contributed by atoms with Gasteiger partial charge in [-0.1, -0.05) is 24.3 Å². The maximum atomic E-state index is 3.30. The number of hydrogen-bond acceptors (Lipinski definition) is 2. The van der Waals surface area contributed by atoms with Gasteiger partial charge in [-0.2, -0.15) is 0 Å². The third-order valence-electron chi connectivity index (χ3n) is 2.48. The van der Waals surface area contributed by atoms with E-state index in [1.165, 1.54) is 11.1 Å². The van der Waals surface area contributed by atoms with Gasteiger partial charge in [0, 0.05) is 6.54 Å². The van der Waals surface area contributed by atoms with Gasteiger partial charge in [-0.05, 0) is 25.2 Å². The lowest BCUT2D eigenvalue weighted by Crippen LogP contribution is -2.27. The normalized spacial score (nSPS) is 22.7. The third kappa shape index (κ3) is 1.04. The maximum absolute atomic E-state index is 3.30. The number of nitrogens with zero attached hydrogens (tertiary/aromatic N) is 1. The SMILES string of the molecule is CNC1c2ccccc2CN1C. The molecule has 0 aliphatic carbocycles. The summed E-state index contributed by atoms with van der Waals surface area (Å²) in [5.41, 5.74) is 2.86. The highest BCUT2D eigenvalue weighted by Gasteiger charge is 2.24. The Morgan fingerprint density at radius 3 is 2.92 bits per heavy atom. The molecule has 2 heteroatoms. The van der Waals surface area contributed by atoms with Crippen LogP contribution < -0.4 is 5.32 Å². The van der Waals surface area contributed by atoms with Crippen molar-refractivity contribution in [3.05, 3.63) is 35.4 Å². The van der Waals surface area contributed by atoms with Crippen molar-refractivity contribution in [1.82, 2.24) is 10.2 Å². The van der Waals surface area contributed by atoms with Gasteiger partial charge in [0.15, 0.2) is 0 Å². The minimum absolute atomic E-state index is 0.404. The first-order valence-electron chi connectivity index (χ1n) is 4.28. The molecule has 64 valence electrons. The van der Waals surface area contributed by atoms with E-state index in [9.17, 15) is 0 Å². The number of hydrogen-bond donors (Lipinski definition) is 1. The summed E-state index contributed by atoms with van der Waals surface area (Å²) < 4.78 is 0. The van der Waals surface area contributed by atoms with E-state index in [1.807, 2.05) is 7.05 Å². The summed E-state index contributed by atoms with van der Waals surface area (Å²) in [5.74, 6) is 0. The Bertz CT molecular complexity index is 283. The van der Waals surface area contributed by atoms with Crippen molar-refractivity contribution in [3.63, 3.8) is 0 Å². The van der Waals surface area contributed by atoms with Crippen molar-refractivity contribution in [2.45, 2.75) is 12.7 Å². The van der Waals surface area contributed by atoms with Crippen LogP contribution in [0.15, 0.2) is 24.3 Å². The van der Waals surface area contributed by atoms with Crippen LogP contribution in [0.4, 0.5) is 0 Å². The third-order valence-corrected chi connectivity index (χ3v) is 2.48. The zero-order valence-electron chi connectivity index (χ0n) is 7.54. The molecular formula is C10H14N2. The molecule has 0 amide bonds. The Kier molecular flexibility index (Phi) is 1.87. The zero-order chi connectivity index (χ0) is 8.55. The summed E-state index contributed by atoms with van der Waals surface area (Å²) >= 11 is 0. The second kappa shape index (κ2) is 2.88. The number of rotatable bonds is 1. The van der Waals surface area contributed by atoms with Gasteiger partial charge in [0.05, 0.1) is 6.17 Å². The second-order valence-corrected chi connectivity index (χ2v) is 3.31. The van der Waals surface area contributed by atoms with E-state index in [0.29, 0.717) is 6.17 Å². The van der Waals surface area contributed by atoms with E-state index in [-0.39, 0.29) is 0 Å². The number of fused-ring (bicyclic) bond motifs is 1. The van der Waals surface area contributed by atoms with Crippen LogP contribution in [0.3, 0.4) is 0 Å². The van der Waals surface area contributed by atoms with Crippen LogP contribution in [-0.4, -0.2) is 19.0 Å². The molecule has 0 spiro atoms. The monoisotopic (exact) mass is 162 g/mol. The minimum atomic E-state index is 0.404. The minimum Gasteiger partial charge on any atom is -0.301 e. The molecule has 0 saturated carbocycles. The molecule has 1 heterocycles. The highest BCUT2D eigenvalue weighted by molar-refractivity contribution is 5.33. The summed E-state index contributed by atoms with van der Waals surface area (Å²) in [5, 5.41) is 3.30. The topological polar surface area (TPSA) is 15.3 Å². The van der Waals surface area contributed by atoms with Crippen molar-refractivity contribution < 1.29 is 0 Å². The highest BCUT2D eigenvalue weighted by atomic mass is 15.3. The fourth-order valence-electron chi connectivity index (χ4n) is 1.92. The maximum Gasteiger partial charge on any atom is 0.0861 e. The van der Waals surface area contributed by atoms with Gasteiger partial charge in [-0.3, -0.25) is 4.90 Å². The van der Waals surface area contributed by atoms with Gasteiger partial charge < -0.3 is 5.32 Å². The Labute approximate surface area is 73.2 Å². The van der Waals surface area contributed by atoms with Gasteiger partial charge in [-0.25, -0.2) is 0 Å². The van der Waals surface area contributed by atoms with Crippen molar-refractivity contribution in [2.75, 3.05) is 14.1 Å². The van der Waals surface area contributed by atoms with Crippen LogP contribution >= 0.6 is 0 Å². The Balaban J connectivity index is 2.40. The van der Waals surface area contributed by atoms with Crippen LogP contribution in [0.5, 0.6) is 0 Å². The average molecular weight is 162 g/mol. The van der Waals surface area contributed by atoms with Gasteiger partial charge in [-0.15, -0.1) is 0 Å². The number of nitrogens with one attached hydrogen (secondary N) is 1.